The van der Waals surface area contributed by atoms with E-state index in [1.54, 1.807) is 24.3 Å². The Morgan fingerprint density at radius 2 is 1.78 bits per heavy atom. The van der Waals surface area contributed by atoms with Crippen molar-refractivity contribution in [2.75, 3.05) is 13.2 Å². The number of hydrogen-bond acceptors (Lipinski definition) is 3. The van der Waals surface area contributed by atoms with E-state index in [9.17, 15) is 18.3 Å². The molecule has 18 heavy (non-hydrogen) atoms. The van der Waals surface area contributed by atoms with Crippen molar-refractivity contribution in [1.82, 2.24) is 0 Å². The molecular weight excluding hydrogens is 249 g/mol. The van der Waals surface area contributed by atoms with Gasteiger partial charge in [0.2, 0.25) is 0 Å². The Morgan fingerprint density at radius 1 is 1.17 bits per heavy atom. The van der Waals surface area contributed by atoms with Crippen LogP contribution in [0, 0.1) is 0 Å². The van der Waals surface area contributed by atoms with E-state index in [-0.39, 0.29) is 6.61 Å². The summed E-state index contributed by atoms with van der Waals surface area (Å²) in [5.41, 5.74) is 0.747. The van der Waals surface area contributed by atoms with E-state index in [0.29, 0.717) is 12.2 Å². The van der Waals surface area contributed by atoms with Crippen LogP contribution in [0.25, 0.3) is 0 Å². The largest absolute Gasteiger partial charge is 0.522 e. The third-order valence-corrected chi connectivity index (χ3v) is 2.27. The van der Waals surface area contributed by atoms with Crippen LogP contribution in [0.2, 0.25) is 0 Å². The first kappa shape index (κ1) is 14.8. The lowest BCUT2D eigenvalue weighted by Gasteiger charge is -2.11. The van der Waals surface area contributed by atoms with Crippen molar-refractivity contribution in [3.05, 3.63) is 29.8 Å². The number of aliphatic hydroxyl groups is 1. The van der Waals surface area contributed by atoms with E-state index in [2.05, 4.69) is 4.74 Å². The Morgan fingerprint density at radius 3 is 2.28 bits per heavy atom. The van der Waals surface area contributed by atoms with Gasteiger partial charge in [0, 0.05) is 0 Å². The topological polar surface area (TPSA) is 38.7 Å². The average Bonchev–Trinajstić information content (AvgIpc) is 2.33. The fraction of sp³-hybridized carbons (Fsp3) is 0.500. The van der Waals surface area contributed by atoms with Gasteiger partial charge in [-0.1, -0.05) is 19.1 Å². The molecule has 0 fully saturated rings. The zero-order valence-electron chi connectivity index (χ0n) is 9.91. The molecule has 1 aromatic carbocycles. The molecule has 1 unspecified atom stereocenters. The van der Waals surface area contributed by atoms with Crippen LogP contribution in [0.15, 0.2) is 24.3 Å². The molecule has 0 saturated carbocycles. The fourth-order valence-electron chi connectivity index (χ4n) is 1.34. The van der Waals surface area contributed by atoms with Gasteiger partial charge in [0.1, 0.15) is 12.4 Å². The SMILES string of the molecule is CCC(O)c1ccc(OCCOC(F)(F)F)cc1. The number of ether oxygens (including phenoxy) is 2. The molecule has 0 radical (unpaired) electrons. The predicted molar refractivity (Wildman–Crippen MR) is 59.2 cm³/mol. The zero-order valence-corrected chi connectivity index (χ0v) is 9.91. The number of rotatable bonds is 6. The van der Waals surface area contributed by atoms with Gasteiger partial charge in [-0.15, -0.1) is 13.2 Å². The van der Waals surface area contributed by atoms with Crippen LogP contribution >= 0.6 is 0 Å². The highest BCUT2D eigenvalue weighted by atomic mass is 19.4. The van der Waals surface area contributed by atoms with Gasteiger partial charge in [0.05, 0.1) is 12.7 Å². The van der Waals surface area contributed by atoms with E-state index in [4.69, 9.17) is 4.74 Å². The molecule has 1 N–H and O–H groups in total. The number of benzene rings is 1. The highest BCUT2D eigenvalue weighted by Crippen LogP contribution is 2.20. The van der Waals surface area contributed by atoms with Crippen molar-refractivity contribution in [2.24, 2.45) is 0 Å². The number of hydrogen-bond donors (Lipinski definition) is 1. The fourth-order valence-corrected chi connectivity index (χ4v) is 1.34. The third kappa shape index (κ3) is 5.37. The molecule has 0 aliphatic carbocycles. The van der Waals surface area contributed by atoms with E-state index in [1.165, 1.54) is 0 Å². The molecule has 3 nitrogen and oxygen atoms in total. The number of halogens is 3. The van der Waals surface area contributed by atoms with Crippen molar-refractivity contribution in [2.45, 2.75) is 25.8 Å². The van der Waals surface area contributed by atoms with Crippen molar-refractivity contribution >= 4 is 0 Å². The molecule has 1 aromatic rings. The second-order valence-electron chi connectivity index (χ2n) is 3.64. The summed E-state index contributed by atoms with van der Waals surface area (Å²) in [5.74, 6) is 0.438. The standard InChI is InChI=1S/C12H15F3O3/c1-2-11(16)9-3-5-10(6-4-9)17-7-8-18-12(13,14)15/h3-6,11,16H,2,7-8H2,1H3. The summed E-state index contributed by atoms with van der Waals surface area (Å²) in [7, 11) is 0. The minimum Gasteiger partial charge on any atom is -0.491 e. The normalized spacial score (nSPS) is 13.4. The minimum absolute atomic E-state index is 0.185. The molecule has 0 aromatic heterocycles. The summed E-state index contributed by atoms with van der Waals surface area (Å²) in [4.78, 5) is 0. The lowest BCUT2D eigenvalue weighted by Crippen LogP contribution is -2.18. The lowest BCUT2D eigenvalue weighted by molar-refractivity contribution is -0.325. The van der Waals surface area contributed by atoms with Crippen LogP contribution in [0.3, 0.4) is 0 Å². The van der Waals surface area contributed by atoms with E-state index in [0.717, 1.165) is 5.56 Å². The van der Waals surface area contributed by atoms with E-state index in [1.807, 2.05) is 6.92 Å². The Hall–Kier alpha value is -1.27. The van der Waals surface area contributed by atoms with Gasteiger partial charge < -0.3 is 9.84 Å². The van der Waals surface area contributed by atoms with Gasteiger partial charge in [0.15, 0.2) is 0 Å². The molecule has 6 heteroatoms. The molecule has 1 atom stereocenters. The lowest BCUT2D eigenvalue weighted by atomic mass is 10.1. The molecule has 0 amide bonds. The molecule has 0 saturated heterocycles. The van der Waals surface area contributed by atoms with Crippen LogP contribution < -0.4 is 4.74 Å². The van der Waals surface area contributed by atoms with E-state index < -0.39 is 19.1 Å². The summed E-state index contributed by atoms with van der Waals surface area (Å²) in [5, 5.41) is 9.54. The third-order valence-electron chi connectivity index (χ3n) is 2.27. The summed E-state index contributed by atoms with van der Waals surface area (Å²) in [6.07, 6.45) is -4.56. The van der Waals surface area contributed by atoms with Gasteiger partial charge in [0.25, 0.3) is 0 Å². The van der Waals surface area contributed by atoms with Crippen molar-refractivity contribution in [1.29, 1.82) is 0 Å². The molecule has 102 valence electrons. The van der Waals surface area contributed by atoms with Crippen LogP contribution in [-0.2, 0) is 4.74 Å². The van der Waals surface area contributed by atoms with Crippen LogP contribution in [0.5, 0.6) is 5.75 Å². The van der Waals surface area contributed by atoms with Gasteiger partial charge in [-0.05, 0) is 24.1 Å². The zero-order chi connectivity index (χ0) is 13.6. The molecule has 0 heterocycles. The molecular formula is C12H15F3O3. The minimum atomic E-state index is -4.63. The first-order valence-electron chi connectivity index (χ1n) is 5.54. The quantitative estimate of drug-likeness (QED) is 0.802. The average molecular weight is 264 g/mol. The number of aliphatic hydroxyl groups excluding tert-OH is 1. The second kappa shape index (κ2) is 6.61. The molecule has 0 spiro atoms. The molecule has 1 rings (SSSR count). The summed E-state index contributed by atoms with van der Waals surface area (Å²) in [6.45, 7) is 1.11. The molecule has 0 aliphatic rings. The smallest absolute Gasteiger partial charge is 0.491 e. The predicted octanol–water partition coefficient (Wildman–Crippen LogP) is 3.05. The monoisotopic (exact) mass is 264 g/mol. The molecule has 0 aliphatic heterocycles. The first-order chi connectivity index (χ1) is 8.42. The highest BCUT2D eigenvalue weighted by molar-refractivity contribution is 5.28. The van der Waals surface area contributed by atoms with E-state index >= 15 is 0 Å². The summed E-state index contributed by atoms with van der Waals surface area (Å²) < 4.78 is 43.6. The van der Waals surface area contributed by atoms with Crippen molar-refractivity contribution in [3.8, 4) is 5.75 Å². The molecule has 0 bridgehead atoms. The van der Waals surface area contributed by atoms with Crippen LogP contribution in [-0.4, -0.2) is 24.7 Å². The van der Waals surface area contributed by atoms with Crippen molar-refractivity contribution in [3.63, 3.8) is 0 Å². The van der Waals surface area contributed by atoms with Crippen molar-refractivity contribution < 1.29 is 27.8 Å². The Bertz CT molecular complexity index is 349. The Balaban J connectivity index is 2.35. The summed E-state index contributed by atoms with van der Waals surface area (Å²) in [6, 6.07) is 6.55. The Labute approximate surface area is 103 Å². The maximum Gasteiger partial charge on any atom is 0.522 e. The van der Waals surface area contributed by atoms with Gasteiger partial charge in [-0.25, -0.2) is 0 Å². The maximum atomic E-state index is 11.7. The van der Waals surface area contributed by atoms with Gasteiger partial charge in [-0.2, -0.15) is 0 Å². The Kier molecular flexibility index (Phi) is 5.43. The maximum absolute atomic E-state index is 11.7. The van der Waals surface area contributed by atoms with Gasteiger partial charge >= 0.3 is 6.36 Å². The number of alkyl halides is 3. The van der Waals surface area contributed by atoms with Crippen LogP contribution in [0.1, 0.15) is 25.0 Å². The summed E-state index contributed by atoms with van der Waals surface area (Å²) >= 11 is 0. The first-order valence-corrected chi connectivity index (χ1v) is 5.54. The highest BCUT2D eigenvalue weighted by Gasteiger charge is 2.28. The van der Waals surface area contributed by atoms with Gasteiger partial charge in [-0.3, -0.25) is 4.74 Å². The second-order valence-corrected chi connectivity index (χ2v) is 3.64. The van der Waals surface area contributed by atoms with Crippen LogP contribution in [0.4, 0.5) is 13.2 Å².